The van der Waals surface area contributed by atoms with Gasteiger partial charge in [0.15, 0.2) is 17.5 Å². The minimum Gasteiger partial charge on any atom is -0.468 e. The summed E-state index contributed by atoms with van der Waals surface area (Å²) in [7, 11) is 1.16. The van der Waals surface area contributed by atoms with E-state index >= 15 is 0 Å². The fourth-order valence-electron chi connectivity index (χ4n) is 1.64. The van der Waals surface area contributed by atoms with Gasteiger partial charge < -0.3 is 4.74 Å². The highest BCUT2D eigenvalue weighted by Crippen LogP contribution is 2.16. The summed E-state index contributed by atoms with van der Waals surface area (Å²) in [4.78, 5) is 35.0. The van der Waals surface area contributed by atoms with E-state index in [9.17, 15) is 14.4 Å². The predicted octanol–water partition coefficient (Wildman–Crippen LogP) is 1.86. The van der Waals surface area contributed by atoms with E-state index in [0.29, 0.717) is 5.56 Å². The average molecular weight is 248 g/mol. The third-order valence-corrected chi connectivity index (χ3v) is 2.90. The van der Waals surface area contributed by atoms with Crippen LogP contribution in [-0.2, 0) is 14.3 Å². The molecule has 1 unspecified atom stereocenters. The van der Waals surface area contributed by atoms with Crippen molar-refractivity contribution in [3.8, 4) is 0 Å². The number of ketones is 2. The Labute approximate surface area is 106 Å². The highest BCUT2D eigenvalue weighted by molar-refractivity contribution is 6.22. The fourth-order valence-corrected chi connectivity index (χ4v) is 1.64. The molecule has 1 atom stereocenters. The van der Waals surface area contributed by atoms with E-state index in [2.05, 4.69) is 4.74 Å². The molecule has 0 aliphatic rings. The van der Waals surface area contributed by atoms with Crippen molar-refractivity contribution < 1.29 is 19.1 Å². The van der Waals surface area contributed by atoms with Crippen LogP contribution in [0.1, 0.15) is 28.4 Å². The predicted molar refractivity (Wildman–Crippen MR) is 66.4 cm³/mol. The van der Waals surface area contributed by atoms with Gasteiger partial charge in [-0.1, -0.05) is 12.1 Å². The molecule has 18 heavy (non-hydrogen) atoms. The number of aryl methyl sites for hydroxylation is 2. The minimum absolute atomic E-state index is 0.351. The quantitative estimate of drug-likeness (QED) is 0.463. The largest absolute Gasteiger partial charge is 0.468 e. The van der Waals surface area contributed by atoms with Crippen molar-refractivity contribution in [1.82, 2.24) is 0 Å². The van der Waals surface area contributed by atoms with Gasteiger partial charge in [0.05, 0.1) is 7.11 Å². The summed E-state index contributed by atoms with van der Waals surface area (Å²) in [6.07, 6.45) is 0. The highest BCUT2D eigenvalue weighted by atomic mass is 16.5. The summed E-state index contributed by atoms with van der Waals surface area (Å²) in [6, 6.07) is 5.08. The molecule has 0 fully saturated rings. The number of ether oxygens (including phenoxy) is 1. The summed E-state index contributed by atoms with van der Waals surface area (Å²) < 4.78 is 4.49. The first-order valence-electron chi connectivity index (χ1n) is 5.58. The van der Waals surface area contributed by atoms with Crippen molar-refractivity contribution in [3.63, 3.8) is 0 Å². The molecule has 0 saturated carbocycles. The standard InChI is InChI=1S/C14H16O4/c1-8-5-6-11(7-9(8)2)13(16)12(10(3)15)14(17)18-4/h5-7,12H,1-4H3. The zero-order chi connectivity index (χ0) is 13.9. The molecule has 0 aliphatic carbocycles. The molecule has 0 heterocycles. The van der Waals surface area contributed by atoms with Crippen molar-refractivity contribution in [2.45, 2.75) is 20.8 Å². The van der Waals surface area contributed by atoms with Gasteiger partial charge in [-0.05, 0) is 38.0 Å². The molecule has 4 heteroatoms. The summed E-state index contributed by atoms with van der Waals surface area (Å²) in [5.74, 6) is -3.20. The third-order valence-electron chi connectivity index (χ3n) is 2.90. The summed E-state index contributed by atoms with van der Waals surface area (Å²) in [6.45, 7) is 5.00. The van der Waals surface area contributed by atoms with Crippen LogP contribution in [0.5, 0.6) is 0 Å². The molecule has 1 rings (SSSR count). The Balaban J connectivity index is 3.14. The molecule has 0 bridgehead atoms. The van der Waals surface area contributed by atoms with Crippen LogP contribution in [0, 0.1) is 19.8 Å². The minimum atomic E-state index is -1.36. The van der Waals surface area contributed by atoms with Gasteiger partial charge in [-0.2, -0.15) is 0 Å². The van der Waals surface area contributed by atoms with Gasteiger partial charge in [0.25, 0.3) is 0 Å². The Hall–Kier alpha value is -1.97. The van der Waals surface area contributed by atoms with E-state index in [-0.39, 0.29) is 0 Å². The van der Waals surface area contributed by atoms with Crippen molar-refractivity contribution in [2.75, 3.05) is 7.11 Å². The highest BCUT2D eigenvalue weighted by Gasteiger charge is 2.32. The molecule has 0 aromatic heterocycles. The molecule has 1 aromatic carbocycles. The number of Topliss-reactive ketones (excluding diaryl/α,β-unsaturated/α-hetero) is 2. The van der Waals surface area contributed by atoms with Crippen LogP contribution >= 0.6 is 0 Å². The Morgan fingerprint density at radius 3 is 2.17 bits per heavy atom. The molecule has 0 N–H and O–H groups in total. The summed E-state index contributed by atoms with van der Waals surface area (Å²) >= 11 is 0. The van der Waals surface area contributed by atoms with Crippen LogP contribution in [0.4, 0.5) is 0 Å². The summed E-state index contributed by atoms with van der Waals surface area (Å²) in [5, 5.41) is 0. The number of hydrogen-bond donors (Lipinski definition) is 0. The molecule has 96 valence electrons. The molecule has 0 radical (unpaired) electrons. The van der Waals surface area contributed by atoms with Gasteiger partial charge in [0, 0.05) is 5.56 Å². The molecule has 0 aliphatic heterocycles. The lowest BCUT2D eigenvalue weighted by Crippen LogP contribution is -2.31. The van der Waals surface area contributed by atoms with E-state index in [4.69, 9.17) is 0 Å². The number of hydrogen-bond acceptors (Lipinski definition) is 4. The Morgan fingerprint density at radius 2 is 1.72 bits per heavy atom. The first-order valence-corrected chi connectivity index (χ1v) is 5.58. The van der Waals surface area contributed by atoms with Gasteiger partial charge in [0.1, 0.15) is 0 Å². The third kappa shape index (κ3) is 2.83. The number of carbonyl (C=O) groups is 3. The lowest BCUT2D eigenvalue weighted by Gasteiger charge is -2.11. The van der Waals surface area contributed by atoms with E-state index in [1.54, 1.807) is 18.2 Å². The first kappa shape index (κ1) is 14.1. The van der Waals surface area contributed by atoms with Gasteiger partial charge in [0.2, 0.25) is 0 Å². The lowest BCUT2D eigenvalue weighted by molar-refractivity contribution is -0.146. The average Bonchev–Trinajstić information content (AvgIpc) is 2.32. The molecule has 0 spiro atoms. The second-order valence-electron chi connectivity index (χ2n) is 4.23. The number of esters is 1. The lowest BCUT2D eigenvalue weighted by atomic mass is 9.92. The van der Waals surface area contributed by atoms with Crippen LogP contribution in [-0.4, -0.2) is 24.6 Å². The molecular weight excluding hydrogens is 232 g/mol. The topological polar surface area (TPSA) is 60.4 Å². The van der Waals surface area contributed by atoms with E-state index in [0.717, 1.165) is 18.2 Å². The normalized spacial score (nSPS) is 11.8. The van der Waals surface area contributed by atoms with E-state index < -0.39 is 23.5 Å². The molecule has 4 nitrogen and oxygen atoms in total. The van der Waals surface area contributed by atoms with Crippen LogP contribution in [0.3, 0.4) is 0 Å². The maximum absolute atomic E-state index is 12.1. The zero-order valence-electron chi connectivity index (χ0n) is 10.9. The fraction of sp³-hybridized carbons (Fsp3) is 0.357. The van der Waals surface area contributed by atoms with E-state index in [1.807, 2.05) is 13.8 Å². The SMILES string of the molecule is COC(=O)C(C(C)=O)C(=O)c1ccc(C)c(C)c1. The van der Waals surface area contributed by atoms with Crippen molar-refractivity contribution in [1.29, 1.82) is 0 Å². The Bertz CT molecular complexity index is 503. The maximum atomic E-state index is 12.1. The monoisotopic (exact) mass is 248 g/mol. The summed E-state index contributed by atoms with van der Waals surface area (Å²) in [5.41, 5.74) is 2.33. The van der Waals surface area contributed by atoms with Crippen LogP contribution < -0.4 is 0 Å². The van der Waals surface area contributed by atoms with Crippen molar-refractivity contribution in [3.05, 3.63) is 34.9 Å². The maximum Gasteiger partial charge on any atom is 0.324 e. The molecule has 0 saturated heterocycles. The molecule has 0 amide bonds. The van der Waals surface area contributed by atoms with Crippen LogP contribution in [0.15, 0.2) is 18.2 Å². The van der Waals surface area contributed by atoms with Gasteiger partial charge in [-0.25, -0.2) is 0 Å². The van der Waals surface area contributed by atoms with Gasteiger partial charge >= 0.3 is 5.97 Å². The second kappa shape index (κ2) is 5.58. The molecule has 1 aromatic rings. The number of benzene rings is 1. The van der Waals surface area contributed by atoms with Gasteiger partial charge in [-0.3, -0.25) is 14.4 Å². The first-order chi connectivity index (χ1) is 8.38. The van der Waals surface area contributed by atoms with Crippen molar-refractivity contribution >= 4 is 17.5 Å². The van der Waals surface area contributed by atoms with E-state index in [1.165, 1.54) is 6.92 Å². The number of rotatable bonds is 4. The number of carbonyl (C=O) groups excluding carboxylic acids is 3. The Morgan fingerprint density at radius 1 is 1.11 bits per heavy atom. The molecular formula is C14H16O4. The smallest absolute Gasteiger partial charge is 0.324 e. The van der Waals surface area contributed by atoms with Gasteiger partial charge in [-0.15, -0.1) is 0 Å². The number of methoxy groups -OCH3 is 1. The van der Waals surface area contributed by atoms with Crippen LogP contribution in [0.25, 0.3) is 0 Å². The Kier molecular flexibility index (Phi) is 4.37. The van der Waals surface area contributed by atoms with Crippen molar-refractivity contribution in [2.24, 2.45) is 5.92 Å². The zero-order valence-corrected chi connectivity index (χ0v) is 10.9. The second-order valence-corrected chi connectivity index (χ2v) is 4.23. The van der Waals surface area contributed by atoms with Crippen LogP contribution in [0.2, 0.25) is 0 Å².